The molecule has 18 heavy (non-hydrogen) atoms. The Kier molecular flexibility index (Phi) is 4.44. The molecule has 0 aliphatic carbocycles. The molecule has 2 aromatic rings. The molecule has 1 atom stereocenters. The molecule has 0 aliphatic heterocycles. The van der Waals surface area contributed by atoms with Gasteiger partial charge in [0.15, 0.2) is 0 Å². The van der Waals surface area contributed by atoms with E-state index < -0.39 is 0 Å². The summed E-state index contributed by atoms with van der Waals surface area (Å²) in [5.41, 5.74) is 2.13. The van der Waals surface area contributed by atoms with Crippen LogP contribution < -0.4 is 5.32 Å². The molecule has 1 heterocycles. The number of hydrogen-bond donors (Lipinski definition) is 1. The monoisotopic (exact) mass is 264 g/mol. The van der Waals surface area contributed by atoms with Gasteiger partial charge in [0, 0.05) is 30.6 Å². The number of nitrogens with zero attached hydrogens (tertiary/aromatic N) is 1. The summed E-state index contributed by atoms with van der Waals surface area (Å²) in [5.74, 6) is 0.234. The van der Waals surface area contributed by atoms with Crippen LogP contribution in [0.4, 0.5) is 4.39 Å². The van der Waals surface area contributed by atoms with E-state index in [-0.39, 0.29) is 5.82 Å². The van der Waals surface area contributed by atoms with E-state index >= 15 is 0 Å². The van der Waals surface area contributed by atoms with Gasteiger partial charge in [-0.1, -0.05) is 13.0 Å². The van der Waals surface area contributed by atoms with Crippen LogP contribution >= 0.6 is 11.3 Å². The number of halogens is 1. The first-order valence-corrected chi connectivity index (χ1v) is 6.90. The topological polar surface area (TPSA) is 24.9 Å². The fourth-order valence-corrected chi connectivity index (χ4v) is 2.54. The normalized spacial score (nSPS) is 12.6. The molecule has 2 rings (SSSR count). The van der Waals surface area contributed by atoms with Crippen LogP contribution in [0.2, 0.25) is 0 Å². The number of aromatic nitrogens is 1. The molecular formula is C14H17FN2S. The predicted molar refractivity (Wildman–Crippen MR) is 73.4 cm³/mol. The summed E-state index contributed by atoms with van der Waals surface area (Å²) in [4.78, 5) is 4.30. The standard InChI is InChI=1S/C14H17FN2S/c1-10-7-13(15)4-3-12(10)9-16-8-11(2)14-17-5-6-18-14/h3-7,11,16H,8-9H2,1-2H3. The smallest absolute Gasteiger partial charge is 0.123 e. The Hall–Kier alpha value is -1.26. The second-order valence-electron chi connectivity index (χ2n) is 4.47. The van der Waals surface area contributed by atoms with Gasteiger partial charge in [-0.3, -0.25) is 0 Å². The number of thiazole rings is 1. The average molecular weight is 264 g/mol. The summed E-state index contributed by atoms with van der Waals surface area (Å²) in [6, 6.07) is 4.92. The van der Waals surface area contributed by atoms with Crippen molar-refractivity contribution in [3.63, 3.8) is 0 Å². The Morgan fingerprint density at radius 3 is 2.94 bits per heavy atom. The Labute approximate surface area is 111 Å². The fourth-order valence-electron chi connectivity index (χ4n) is 1.85. The molecule has 4 heteroatoms. The Balaban J connectivity index is 1.85. The zero-order valence-corrected chi connectivity index (χ0v) is 11.4. The van der Waals surface area contributed by atoms with Crippen molar-refractivity contribution in [2.24, 2.45) is 0 Å². The highest BCUT2D eigenvalue weighted by Gasteiger charge is 2.07. The highest BCUT2D eigenvalue weighted by Crippen LogP contribution is 2.17. The van der Waals surface area contributed by atoms with Gasteiger partial charge in [0.05, 0.1) is 5.01 Å². The van der Waals surface area contributed by atoms with Crippen molar-refractivity contribution in [3.05, 3.63) is 51.7 Å². The summed E-state index contributed by atoms with van der Waals surface area (Å²) in [5, 5.41) is 6.54. The minimum atomic E-state index is -0.174. The van der Waals surface area contributed by atoms with Crippen LogP contribution in [-0.2, 0) is 6.54 Å². The summed E-state index contributed by atoms with van der Waals surface area (Å²) in [7, 11) is 0. The number of benzene rings is 1. The first kappa shape index (κ1) is 13.2. The summed E-state index contributed by atoms with van der Waals surface area (Å²) in [6.45, 7) is 5.74. The van der Waals surface area contributed by atoms with Crippen molar-refractivity contribution in [2.75, 3.05) is 6.54 Å². The highest BCUT2D eigenvalue weighted by atomic mass is 32.1. The molecule has 0 amide bonds. The molecule has 0 saturated carbocycles. The van der Waals surface area contributed by atoms with E-state index in [1.807, 2.05) is 24.6 Å². The average Bonchev–Trinajstić information content (AvgIpc) is 2.85. The number of hydrogen-bond acceptors (Lipinski definition) is 3. The lowest BCUT2D eigenvalue weighted by Crippen LogP contribution is -2.20. The van der Waals surface area contributed by atoms with Crippen molar-refractivity contribution < 1.29 is 4.39 Å². The van der Waals surface area contributed by atoms with Crippen LogP contribution in [0.1, 0.15) is 29.0 Å². The van der Waals surface area contributed by atoms with Crippen LogP contribution in [0.25, 0.3) is 0 Å². The van der Waals surface area contributed by atoms with Crippen molar-refractivity contribution in [2.45, 2.75) is 26.3 Å². The fraction of sp³-hybridized carbons (Fsp3) is 0.357. The van der Waals surface area contributed by atoms with Crippen molar-refractivity contribution in [1.82, 2.24) is 10.3 Å². The Morgan fingerprint density at radius 1 is 1.44 bits per heavy atom. The third-order valence-corrected chi connectivity index (χ3v) is 3.95. The molecule has 1 aromatic heterocycles. The van der Waals surface area contributed by atoms with Crippen molar-refractivity contribution >= 4 is 11.3 Å². The molecule has 2 nitrogen and oxygen atoms in total. The number of nitrogens with one attached hydrogen (secondary N) is 1. The quantitative estimate of drug-likeness (QED) is 0.894. The van der Waals surface area contributed by atoms with Gasteiger partial charge in [-0.05, 0) is 30.2 Å². The van der Waals surface area contributed by atoms with E-state index in [2.05, 4.69) is 17.2 Å². The second kappa shape index (κ2) is 6.07. The van der Waals surface area contributed by atoms with E-state index in [0.29, 0.717) is 5.92 Å². The SMILES string of the molecule is Cc1cc(F)ccc1CNCC(C)c1nccs1. The lowest BCUT2D eigenvalue weighted by Gasteiger charge is -2.11. The van der Waals surface area contributed by atoms with Crippen LogP contribution in [0.3, 0.4) is 0 Å². The molecule has 96 valence electrons. The van der Waals surface area contributed by atoms with Gasteiger partial charge in [-0.15, -0.1) is 11.3 Å². The first-order chi connectivity index (χ1) is 8.66. The summed E-state index contributed by atoms with van der Waals surface area (Å²) in [6.07, 6.45) is 1.83. The Bertz CT molecular complexity index is 497. The number of rotatable bonds is 5. The van der Waals surface area contributed by atoms with Crippen LogP contribution in [0.5, 0.6) is 0 Å². The maximum atomic E-state index is 13.0. The van der Waals surface area contributed by atoms with E-state index in [1.54, 1.807) is 17.4 Å². The summed E-state index contributed by atoms with van der Waals surface area (Å²) < 4.78 is 13.0. The maximum Gasteiger partial charge on any atom is 0.123 e. The van der Waals surface area contributed by atoms with E-state index in [9.17, 15) is 4.39 Å². The van der Waals surface area contributed by atoms with Crippen molar-refractivity contribution in [1.29, 1.82) is 0 Å². The second-order valence-corrected chi connectivity index (χ2v) is 5.40. The van der Waals surface area contributed by atoms with Crippen LogP contribution in [0.15, 0.2) is 29.8 Å². The number of aryl methyl sites for hydroxylation is 1. The zero-order valence-electron chi connectivity index (χ0n) is 10.6. The third kappa shape index (κ3) is 3.37. The molecular weight excluding hydrogens is 247 g/mol. The van der Waals surface area contributed by atoms with Gasteiger partial charge in [-0.25, -0.2) is 9.37 Å². The van der Waals surface area contributed by atoms with Gasteiger partial charge in [0.1, 0.15) is 5.82 Å². The minimum Gasteiger partial charge on any atom is -0.312 e. The van der Waals surface area contributed by atoms with E-state index in [1.165, 1.54) is 6.07 Å². The van der Waals surface area contributed by atoms with Gasteiger partial charge in [0.2, 0.25) is 0 Å². The molecule has 0 saturated heterocycles. The molecule has 0 aliphatic rings. The van der Waals surface area contributed by atoms with Crippen LogP contribution in [0, 0.1) is 12.7 Å². The molecule has 0 spiro atoms. The Morgan fingerprint density at radius 2 is 2.28 bits per heavy atom. The lowest BCUT2D eigenvalue weighted by atomic mass is 10.1. The van der Waals surface area contributed by atoms with Gasteiger partial charge in [0.25, 0.3) is 0 Å². The van der Waals surface area contributed by atoms with Gasteiger partial charge in [-0.2, -0.15) is 0 Å². The third-order valence-electron chi connectivity index (χ3n) is 2.94. The minimum absolute atomic E-state index is 0.174. The predicted octanol–water partition coefficient (Wildman–Crippen LogP) is 3.48. The molecule has 1 N–H and O–H groups in total. The van der Waals surface area contributed by atoms with Gasteiger partial charge >= 0.3 is 0 Å². The van der Waals surface area contributed by atoms with E-state index in [4.69, 9.17) is 0 Å². The molecule has 0 bridgehead atoms. The largest absolute Gasteiger partial charge is 0.312 e. The molecule has 1 unspecified atom stereocenters. The van der Waals surface area contributed by atoms with E-state index in [0.717, 1.165) is 29.2 Å². The maximum absolute atomic E-state index is 13.0. The molecule has 0 radical (unpaired) electrons. The zero-order chi connectivity index (χ0) is 13.0. The van der Waals surface area contributed by atoms with Crippen LogP contribution in [-0.4, -0.2) is 11.5 Å². The van der Waals surface area contributed by atoms with Gasteiger partial charge < -0.3 is 5.32 Å². The first-order valence-electron chi connectivity index (χ1n) is 6.02. The summed E-state index contributed by atoms with van der Waals surface area (Å²) >= 11 is 1.68. The molecule has 1 aromatic carbocycles. The lowest BCUT2D eigenvalue weighted by molar-refractivity contribution is 0.605. The highest BCUT2D eigenvalue weighted by molar-refractivity contribution is 7.09. The van der Waals surface area contributed by atoms with Crippen molar-refractivity contribution in [3.8, 4) is 0 Å². The molecule has 0 fully saturated rings.